The van der Waals surface area contributed by atoms with Crippen molar-refractivity contribution in [2.45, 2.75) is 104 Å². The van der Waals surface area contributed by atoms with Crippen molar-refractivity contribution in [3.05, 3.63) is 71.5 Å². The SMILES string of the molecule is CCCCCCCCCCCCc1cnc(-c2ccc(-c3cc(C[C@@H](C)CC)ccc3C(=O)O)cc2)nc1. The third-order valence-electron chi connectivity index (χ3n) is 7.57. The van der Waals surface area contributed by atoms with E-state index in [2.05, 4.69) is 30.7 Å². The summed E-state index contributed by atoms with van der Waals surface area (Å²) in [7, 11) is 0. The molecule has 1 N–H and O–H groups in total. The molecule has 3 rings (SSSR count). The molecule has 1 aromatic heterocycles. The molecule has 0 bridgehead atoms. The second kappa shape index (κ2) is 16.1. The summed E-state index contributed by atoms with van der Waals surface area (Å²) >= 11 is 0. The van der Waals surface area contributed by atoms with E-state index in [1.54, 1.807) is 6.07 Å². The van der Waals surface area contributed by atoms with E-state index in [1.807, 2.05) is 48.8 Å². The Morgan fingerprint density at radius 1 is 0.763 bits per heavy atom. The van der Waals surface area contributed by atoms with Crippen molar-refractivity contribution < 1.29 is 9.90 Å². The fraction of sp³-hybridized carbons (Fsp3) is 0.500. The van der Waals surface area contributed by atoms with E-state index in [4.69, 9.17) is 0 Å². The van der Waals surface area contributed by atoms with Crippen LogP contribution in [0.25, 0.3) is 22.5 Å². The molecule has 2 aromatic carbocycles. The van der Waals surface area contributed by atoms with E-state index < -0.39 is 5.97 Å². The van der Waals surface area contributed by atoms with Gasteiger partial charge in [-0.2, -0.15) is 0 Å². The summed E-state index contributed by atoms with van der Waals surface area (Å²) in [6.45, 7) is 6.68. The maximum Gasteiger partial charge on any atom is 0.336 e. The minimum absolute atomic E-state index is 0.332. The Bertz CT molecular complexity index is 1110. The van der Waals surface area contributed by atoms with Gasteiger partial charge in [0.15, 0.2) is 5.82 Å². The molecule has 0 spiro atoms. The molecule has 0 aliphatic heterocycles. The highest BCUT2D eigenvalue weighted by molar-refractivity contribution is 5.96. The Balaban J connectivity index is 1.53. The highest BCUT2D eigenvalue weighted by Crippen LogP contribution is 2.28. The largest absolute Gasteiger partial charge is 0.478 e. The number of nitrogens with zero attached hydrogens (tertiary/aromatic N) is 2. The molecule has 4 nitrogen and oxygen atoms in total. The predicted octanol–water partition coefficient (Wildman–Crippen LogP) is 9.56. The van der Waals surface area contributed by atoms with Crippen LogP contribution in [0.5, 0.6) is 0 Å². The summed E-state index contributed by atoms with van der Waals surface area (Å²) in [4.78, 5) is 21.1. The first kappa shape index (κ1) is 29.5. The lowest BCUT2D eigenvalue weighted by molar-refractivity contribution is 0.0697. The molecule has 1 atom stereocenters. The molecular formula is C34H46N2O2. The average Bonchev–Trinajstić information content (AvgIpc) is 2.94. The number of rotatable bonds is 17. The van der Waals surface area contributed by atoms with Crippen LogP contribution in [-0.2, 0) is 12.8 Å². The lowest BCUT2D eigenvalue weighted by Crippen LogP contribution is -2.03. The third kappa shape index (κ3) is 9.38. The highest BCUT2D eigenvalue weighted by atomic mass is 16.4. The number of unbranched alkanes of at least 4 members (excludes halogenated alkanes) is 9. The number of carbonyl (C=O) groups is 1. The van der Waals surface area contributed by atoms with E-state index in [0.29, 0.717) is 17.3 Å². The lowest BCUT2D eigenvalue weighted by atomic mass is 9.92. The zero-order chi connectivity index (χ0) is 27.2. The molecule has 0 radical (unpaired) electrons. The van der Waals surface area contributed by atoms with Crippen LogP contribution in [0.2, 0.25) is 0 Å². The molecule has 0 aliphatic carbocycles. The number of benzene rings is 2. The van der Waals surface area contributed by atoms with E-state index >= 15 is 0 Å². The van der Waals surface area contributed by atoms with Crippen LogP contribution in [0.3, 0.4) is 0 Å². The van der Waals surface area contributed by atoms with Gasteiger partial charge in [0.1, 0.15) is 0 Å². The number of aromatic carboxylic acids is 1. The molecule has 38 heavy (non-hydrogen) atoms. The molecule has 0 saturated heterocycles. The second-order valence-electron chi connectivity index (χ2n) is 10.8. The maximum absolute atomic E-state index is 11.9. The normalized spacial score (nSPS) is 12.0. The number of hydrogen-bond acceptors (Lipinski definition) is 3. The van der Waals surface area contributed by atoms with Crippen molar-refractivity contribution in [1.29, 1.82) is 0 Å². The fourth-order valence-corrected chi connectivity index (χ4v) is 4.94. The lowest BCUT2D eigenvalue weighted by Gasteiger charge is -2.13. The zero-order valence-electron chi connectivity index (χ0n) is 23.7. The summed E-state index contributed by atoms with van der Waals surface area (Å²) in [6, 6.07) is 13.6. The number of carboxylic acids is 1. The van der Waals surface area contributed by atoms with Crippen LogP contribution in [-0.4, -0.2) is 21.0 Å². The Morgan fingerprint density at radius 2 is 1.34 bits per heavy atom. The van der Waals surface area contributed by atoms with Crippen molar-refractivity contribution in [2.75, 3.05) is 0 Å². The van der Waals surface area contributed by atoms with Gasteiger partial charge in [-0.3, -0.25) is 0 Å². The highest BCUT2D eigenvalue weighted by Gasteiger charge is 2.14. The first-order valence-corrected chi connectivity index (χ1v) is 14.8. The molecule has 0 fully saturated rings. The Kier molecular flexibility index (Phi) is 12.5. The predicted molar refractivity (Wildman–Crippen MR) is 159 cm³/mol. The molecular weight excluding hydrogens is 468 g/mol. The maximum atomic E-state index is 11.9. The van der Waals surface area contributed by atoms with Crippen LogP contribution < -0.4 is 0 Å². The fourth-order valence-electron chi connectivity index (χ4n) is 4.94. The molecule has 1 heterocycles. The Labute approximate surface area is 230 Å². The first-order chi connectivity index (χ1) is 18.5. The zero-order valence-corrected chi connectivity index (χ0v) is 23.7. The molecule has 0 unspecified atom stereocenters. The summed E-state index contributed by atoms with van der Waals surface area (Å²) in [6.07, 6.45) is 20.4. The van der Waals surface area contributed by atoms with Gasteiger partial charge in [-0.05, 0) is 53.5 Å². The Morgan fingerprint density at radius 3 is 1.92 bits per heavy atom. The van der Waals surface area contributed by atoms with Crippen molar-refractivity contribution in [2.24, 2.45) is 5.92 Å². The van der Waals surface area contributed by atoms with Crippen LogP contribution >= 0.6 is 0 Å². The number of carboxylic acid groups (broad SMARTS) is 1. The smallest absolute Gasteiger partial charge is 0.336 e. The van der Waals surface area contributed by atoms with Gasteiger partial charge in [-0.25, -0.2) is 14.8 Å². The van der Waals surface area contributed by atoms with Crippen molar-refractivity contribution in [1.82, 2.24) is 9.97 Å². The van der Waals surface area contributed by atoms with Gasteiger partial charge in [0.05, 0.1) is 5.56 Å². The summed E-state index contributed by atoms with van der Waals surface area (Å²) in [5.74, 6) is 0.360. The van der Waals surface area contributed by atoms with Gasteiger partial charge in [0.25, 0.3) is 0 Å². The van der Waals surface area contributed by atoms with Crippen LogP contribution in [0.15, 0.2) is 54.9 Å². The van der Waals surface area contributed by atoms with Crippen LogP contribution in [0.4, 0.5) is 0 Å². The van der Waals surface area contributed by atoms with E-state index in [0.717, 1.165) is 36.0 Å². The van der Waals surface area contributed by atoms with Gasteiger partial charge in [0.2, 0.25) is 0 Å². The van der Waals surface area contributed by atoms with Gasteiger partial charge < -0.3 is 5.11 Å². The number of aromatic nitrogens is 2. The number of hydrogen-bond donors (Lipinski definition) is 1. The van der Waals surface area contributed by atoms with Crippen LogP contribution in [0, 0.1) is 5.92 Å². The van der Waals surface area contributed by atoms with E-state index in [-0.39, 0.29) is 0 Å². The quantitative estimate of drug-likeness (QED) is 0.182. The molecule has 0 amide bonds. The Hall–Kier alpha value is -3.01. The molecule has 204 valence electrons. The van der Waals surface area contributed by atoms with Crippen LogP contribution in [0.1, 0.15) is 113 Å². The van der Waals surface area contributed by atoms with E-state index in [1.165, 1.54) is 75.3 Å². The number of aryl methyl sites for hydroxylation is 1. The standard InChI is InChI=1S/C34H46N2O2/c1-4-6-7-8-9-10-11-12-13-14-15-28-24-35-33(36-25-28)30-19-17-29(18-20-30)32-23-27(22-26(3)5-2)16-21-31(32)34(37)38/h16-21,23-26H,4-15,22H2,1-3H3,(H,37,38)/t26-/m0/s1. The van der Waals surface area contributed by atoms with Gasteiger partial charge >= 0.3 is 5.97 Å². The first-order valence-electron chi connectivity index (χ1n) is 14.8. The molecule has 4 heteroatoms. The van der Waals surface area contributed by atoms with Crippen molar-refractivity contribution in [3.8, 4) is 22.5 Å². The summed E-state index contributed by atoms with van der Waals surface area (Å²) in [5, 5.41) is 9.74. The van der Waals surface area contributed by atoms with Gasteiger partial charge in [-0.15, -0.1) is 0 Å². The second-order valence-corrected chi connectivity index (χ2v) is 10.8. The van der Waals surface area contributed by atoms with Crippen molar-refractivity contribution in [3.63, 3.8) is 0 Å². The summed E-state index contributed by atoms with van der Waals surface area (Å²) < 4.78 is 0. The van der Waals surface area contributed by atoms with Crippen molar-refractivity contribution >= 4 is 5.97 Å². The molecule has 0 aliphatic rings. The molecule has 3 aromatic rings. The third-order valence-corrected chi connectivity index (χ3v) is 7.57. The topological polar surface area (TPSA) is 63.1 Å². The monoisotopic (exact) mass is 514 g/mol. The minimum Gasteiger partial charge on any atom is -0.478 e. The molecule has 0 saturated carbocycles. The minimum atomic E-state index is -0.902. The van der Waals surface area contributed by atoms with Gasteiger partial charge in [-0.1, -0.05) is 121 Å². The van der Waals surface area contributed by atoms with Gasteiger partial charge in [0, 0.05) is 18.0 Å². The average molecular weight is 515 g/mol. The van der Waals surface area contributed by atoms with E-state index in [9.17, 15) is 9.90 Å². The summed E-state index contributed by atoms with van der Waals surface area (Å²) in [5.41, 5.74) is 5.29.